The van der Waals surface area contributed by atoms with Gasteiger partial charge in [0.1, 0.15) is 11.2 Å². The molecule has 0 amide bonds. The molecule has 0 unspecified atom stereocenters. The first kappa shape index (κ1) is 28.8. The zero-order valence-electron chi connectivity index (χ0n) is 35.5. The van der Waals surface area contributed by atoms with Gasteiger partial charge in [0.25, 0.3) is 0 Å². The monoisotopic (exact) mass is 771 g/mol. The molecule has 0 bridgehead atoms. The molecular weight excluding hydrogens is 739 g/mol. The Balaban J connectivity index is 1.22. The number of nitriles is 1. The molecule has 0 aliphatic rings. The van der Waals surface area contributed by atoms with Crippen molar-refractivity contribution in [2.45, 2.75) is 0 Å². The minimum Gasteiger partial charge on any atom is -0.456 e. The molecule has 0 aliphatic heterocycles. The van der Waals surface area contributed by atoms with E-state index in [0.717, 1.165) is 76.2 Å². The summed E-state index contributed by atoms with van der Waals surface area (Å²) in [5.41, 5.74) is 6.80. The van der Waals surface area contributed by atoms with Gasteiger partial charge in [0, 0.05) is 43.3 Å². The lowest BCUT2D eigenvalue weighted by Gasteiger charge is -2.16. The van der Waals surface area contributed by atoms with E-state index in [0.29, 0.717) is 16.7 Å². The van der Waals surface area contributed by atoms with Crippen LogP contribution in [0.5, 0.6) is 0 Å². The summed E-state index contributed by atoms with van der Waals surface area (Å²) in [4.78, 5) is 15.8. The molecule has 0 radical (unpaired) electrons. The fraction of sp³-hybridized carbons (Fsp3) is 0. The first-order chi connectivity index (χ1) is 31.4. The van der Waals surface area contributed by atoms with E-state index in [2.05, 4.69) is 18.2 Å². The maximum absolute atomic E-state index is 9.93. The van der Waals surface area contributed by atoms with Gasteiger partial charge in [-0.3, -0.25) is 9.13 Å². The van der Waals surface area contributed by atoms with Crippen molar-refractivity contribution in [1.82, 2.24) is 28.7 Å². The highest BCUT2D eigenvalue weighted by atomic mass is 16.3. The molecule has 13 rings (SSSR count). The van der Waals surface area contributed by atoms with Crippen LogP contribution in [0.15, 0.2) is 180 Å². The van der Waals surface area contributed by atoms with E-state index in [1.807, 2.05) is 147 Å². The van der Waals surface area contributed by atoms with Gasteiger partial charge in [-0.25, -0.2) is 0 Å². The molecule has 0 aliphatic carbocycles. The number of furan rings is 1. The van der Waals surface area contributed by atoms with Gasteiger partial charge < -0.3 is 8.98 Å². The lowest BCUT2D eigenvalue weighted by molar-refractivity contribution is 0.669. The second-order valence-electron chi connectivity index (χ2n) is 14.8. The number of fused-ring (bicyclic) bond motifs is 13. The highest BCUT2D eigenvalue weighted by molar-refractivity contribution is 6.24. The second-order valence-corrected chi connectivity index (χ2v) is 14.8. The van der Waals surface area contributed by atoms with Crippen molar-refractivity contribution in [3.63, 3.8) is 0 Å². The van der Waals surface area contributed by atoms with Gasteiger partial charge in [-0.05, 0) is 72.7 Å². The Hall–Kier alpha value is -8.54. The molecule has 0 atom stereocenters. The third-order valence-electron chi connectivity index (χ3n) is 11.7. The van der Waals surface area contributed by atoms with Crippen LogP contribution in [-0.4, -0.2) is 28.7 Å². The SMILES string of the molecule is [2H]c1c([2H])c([2H])c(-n2c3ccccc3c3ccc4oc5ccccc5c4c32)c(-c2nc(-n3c4ccccc4c4ccccc43)nc(-n3c4ccccc4c4cc(C#N)ccc43)n2)c1[2H]. The lowest BCUT2D eigenvalue weighted by atomic mass is 10.1. The molecule has 0 fully saturated rings. The van der Waals surface area contributed by atoms with Crippen LogP contribution in [0.2, 0.25) is 0 Å². The molecule has 278 valence electrons. The maximum atomic E-state index is 9.93. The summed E-state index contributed by atoms with van der Waals surface area (Å²) in [6, 6.07) is 50.0. The van der Waals surface area contributed by atoms with Gasteiger partial charge >= 0.3 is 0 Å². The quantitative estimate of drug-likeness (QED) is 0.178. The van der Waals surface area contributed by atoms with Crippen molar-refractivity contribution in [2.75, 3.05) is 0 Å². The van der Waals surface area contributed by atoms with Crippen LogP contribution in [-0.2, 0) is 0 Å². The summed E-state index contributed by atoms with van der Waals surface area (Å²) in [5, 5.41) is 17.1. The minimum atomic E-state index is -0.426. The van der Waals surface area contributed by atoms with E-state index in [1.54, 1.807) is 6.07 Å². The highest BCUT2D eigenvalue weighted by Crippen LogP contribution is 2.43. The Morgan fingerprint density at radius 1 is 0.483 bits per heavy atom. The lowest BCUT2D eigenvalue weighted by Crippen LogP contribution is -2.11. The van der Waals surface area contributed by atoms with Crippen molar-refractivity contribution >= 4 is 87.4 Å². The number of aromatic nitrogens is 6. The normalized spacial score (nSPS) is 12.9. The number of hydrogen-bond donors (Lipinski definition) is 0. The van der Waals surface area contributed by atoms with Crippen LogP contribution in [0.3, 0.4) is 0 Å². The molecule has 5 aromatic heterocycles. The van der Waals surface area contributed by atoms with E-state index < -0.39 is 12.1 Å². The first-order valence-electron chi connectivity index (χ1n) is 21.5. The summed E-state index contributed by atoms with van der Waals surface area (Å²) in [6.07, 6.45) is 0. The van der Waals surface area contributed by atoms with Crippen LogP contribution in [0.25, 0.3) is 116 Å². The minimum absolute atomic E-state index is 0.0404. The smallest absolute Gasteiger partial charge is 0.240 e. The second kappa shape index (κ2) is 12.2. The predicted molar refractivity (Wildman–Crippen MR) is 240 cm³/mol. The Bertz CT molecular complexity index is 4180. The van der Waals surface area contributed by atoms with E-state index in [-0.39, 0.29) is 41.1 Å². The molecular formula is C52H29N7O. The van der Waals surface area contributed by atoms with Crippen molar-refractivity contribution < 1.29 is 9.90 Å². The molecule has 0 saturated carbocycles. The van der Waals surface area contributed by atoms with Crippen LogP contribution in [0.1, 0.15) is 11.0 Å². The van der Waals surface area contributed by atoms with Crippen LogP contribution >= 0.6 is 0 Å². The molecule has 8 heteroatoms. The number of benzene rings is 8. The fourth-order valence-electron chi connectivity index (χ4n) is 9.19. The standard InChI is InChI=1S/C52H29N7O/c53-30-31-25-27-45-39(29-31)35-16-4-10-22-43(35)59(45)52-55-50(54-51(56-52)58-41-20-8-1-13-32(41)33-14-2-9-21-42(33)58)37-17-5-11-23-44(37)57-40-19-7-3-15-34(40)36-26-28-47-48(49(36)57)38-18-6-12-24-46(38)60-47/h1-29H/i5D,11D,17D,23D. The summed E-state index contributed by atoms with van der Waals surface area (Å²) < 4.78 is 50.2. The number of rotatable bonds is 4. The molecule has 8 aromatic carbocycles. The number of para-hydroxylation sites is 6. The summed E-state index contributed by atoms with van der Waals surface area (Å²) in [6.45, 7) is 0. The van der Waals surface area contributed by atoms with Gasteiger partial charge in [-0.1, -0.05) is 103 Å². The largest absolute Gasteiger partial charge is 0.456 e. The summed E-state index contributed by atoms with van der Waals surface area (Å²) >= 11 is 0. The predicted octanol–water partition coefficient (Wildman–Crippen LogP) is 12.6. The maximum Gasteiger partial charge on any atom is 0.240 e. The molecule has 5 heterocycles. The molecule has 0 spiro atoms. The third kappa shape index (κ3) is 4.46. The van der Waals surface area contributed by atoms with Crippen LogP contribution in [0, 0.1) is 11.3 Å². The highest BCUT2D eigenvalue weighted by Gasteiger charge is 2.24. The Kier molecular flexibility index (Phi) is 5.87. The average Bonchev–Trinajstić information content (AvgIpc) is 4.08. The Labute approximate surface area is 346 Å². The van der Waals surface area contributed by atoms with Gasteiger partial charge in [0.2, 0.25) is 11.9 Å². The average molecular weight is 772 g/mol. The fourth-order valence-corrected chi connectivity index (χ4v) is 9.19. The van der Waals surface area contributed by atoms with E-state index in [4.69, 9.17) is 22.1 Å². The van der Waals surface area contributed by atoms with Crippen LogP contribution < -0.4 is 0 Å². The summed E-state index contributed by atoms with van der Waals surface area (Å²) in [7, 11) is 0. The molecule has 13 aromatic rings. The Morgan fingerprint density at radius 2 is 1.02 bits per heavy atom. The third-order valence-corrected chi connectivity index (χ3v) is 11.7. The Morgan fingerprint density at radius 3 is 1.67 bits per heavy atom. The molecule has 0 N–H and O–H groups in total. The summed E-state index contributed by atoms with van der Waals surface area (Å²) in [5.74, 6) is 0.515. The van der Waals surface area contributed by atoms with Crippen LogP contribution in [0.4, 0.5) is 0 Å². The topological polar surface area (TPSA) is 90.4 Å². The van der Waals surface area contributed by atoms with E-state index >= 15 is 0 Å². The van der Waals surface area contributed by atoms with Crippen molar-refractivity contribution in [3.05, 3.63) is 181 Å². The van der Waals surface area contributed by atoms with Crippen molar-refractivity contribution in [2.24, 2.45) is 0 Å². The number of nitrogens with zero attached hydrogens (tertiary/aromatic N) is 7. The number of hydrogen-bond acceptors (Lipinski definition) is 5. The van der Waals surface area contributed by atoms with Crippen molar-refractivity contribution in [3.8, 4) is 35.0 Å². The van der Waals surface area contributed by atoms with Gasteiger partial charge in [-0.15, -0.1) is 0 Å². The van der Waals surface area contributed by atoms with E-state index in [9.17, 15) is 8.00 Å². The molecule has 8 nitrogen and oxygen atoms in total. The van der Waals surface area contributed by atoms with Gasteiger partial charge in [0.15, 0.2) is 5.82 Å². The van der Waals surface area contributed by atoms with Gasteiger partial charge in [-0.2, -0.15) is 20.2 Å². The zero-order valence-corrected chi connectivity index (χ0v) is 31.5. The molecule has 0 saturated heterocycles. The first-order valence-corrected chi connectivity index (χ1v) is 19.5. The van der Waals surface area contributed by atoms with E-state index in [1.165, 1.54) is 0 Å². The van der Waals surface area contributed by atoms with Gasteiger partial charge in [0.05, 0.1) is 61.3 Å². The van der Waals surface area contributed by atoms with Crippen molar-refractivity contribution in [1.29, 1.82) is 5.26 Å². The zero-order chi connectivity index (χ0) is 43.0. The molecule has 60 heavy (non-hydrogen) atoms.